The van der Waals surface area contributed by atoms with Crippen LogP contribution in [0.5, 0.6) is 0 Å². The molecule has 0 saturated heterocycles. The third kappa shape index (κ3) is 3.04. The molecule has 0 aliphatic rings. The van der Waals surface area contributed by atoms with Crippen molar-refractivity contribution in [1.82, 2.24) is 14.8 Å². The number of nitrogens with one attached hydrogen (secondary N) is 1. The molecule has 0 aliphatic carbocycles. The Kier molecular flexibility index (Phi) is 3.88. The molecule has 2 aromatic rings. The van der Waals surface area contributed by atoms with Gasteiger partial charge in [-0.15, -0.1) is 10.2 Å². The molecular weight excluding hydrogens is 246 g/mol. The number of hydrogen-bond donors (Lipinski definition) is 2. The van der Waals surface area contributed by atoms with Gasteiger partial charge in [-0.25, -0.2) is 0 Å². The van der Waals surface area contributed by atoms with Crippen molar-refractivity contribution in [1.29, 1.82) is 0 Å². The van der Waals surface area contributed by atoms with Crippen LogP contribution in [0.4, 0.5) is 5.69 Å². The Morgan fingerprint density at radius 3 is 2.67 bits per heavy atom. The summed E-state index contributed by atoms with van der Waals surface area (Å²) in [5, 5.41) is 11.2. The molecule has 3 N–H and O–H groups in total. The Bertz CT molecular complexity index is 532. The standard InChI is InChI=1S/C12H15N5S/c1-17-8-15-16-11(17)6-7-14-10-4-2-9(3-5-10)12(13)18/h2-5,8,14H,6-7H2,1H3,(H2,13,18). The first-order valence-corrected chi connectivity index (χ1v) is 6.04. The van der Waals surface area contributed by atoms with Gasteiger partial charge in [-0.1, -0.05) is 12.2 Å². The van der Waals surface area contributed by atoms with Crippen LogP contribution in [0.2, 0.25) is 0 Å². The molecule has 0 atom stereocenters. The summed E-state index contributed by atoms with van der Waals surface area (Å²) >= 11 is 4.90. The van der Waals surface area contributed by atoms with E-state index in [0.29, 0.717) is 4.99 Å². The SMILES string of the molecule is Cn1cnnc1CCNc1ccc(C(N)=S)cc1. The minimum Gasteiger partial charge on any atom is -0.389 e. The van der Waals surface area contributed by atoms with Crippen LogP contribution in [0, 0.1) is 0 Å². The van der Waals surface area contributed by atoms with E-state index in [1.165, 1.54) is 0 Å². The summed E-state index contributed by atoms with van der Waals surface area (Å²) < 4.78 is 1.91. The fourth-order valence-corrected chi connectivity index (χ4v) is 1.74. The molecule has 94 valence electrons. The average molecular weight is 261 g/mol. The van der Waals surface area contributed by atoms with Gasteiger partial charge in [-0.2, -0.15) is 0 Å². The van der Waals surface area contributed by atoms with Crippen molar-refractivity contribution in [2.75, 3.05) is 11.9 Å². The smallest absolute Gasteiger partial charge is 0.134 e. The highest BCUT2D eigenvalue weighted by Crippen LogP contribution is 2.09. The lowest BCUT2D eigenvalue weighted by atomic mass is 10.2. The second-order valence-electron chi connectivity index (χ2n) is 3.98. The molecule has 6 heteroatoms. The maximum absolute atomic E-state index is 5.54. The average Bonchev–Trinajstić information content (AvgIpc) is 2.76. The van der Waals surface area contributed by atoms with E-state index in [-0.39, 0.29) is 0 Å². The number of aromatic nitrogens is 3. The zero-order valence-electron chi connectivity index (χ0n) is 10.1. The maximum atomic E-state index is 5.54. The summed E-state index contributed by atoms with van der Waals surface area (Å²) in [6.07, 6.45) is 2.53. The molecule has 1 heterocycles. The first-order chi connectivity index (χ1) is 8.66. The normalized spacial score (nSPS) is 10.3. The fraction of sp³-hybridized carbons (Fsp3) is 0.250. The predicted molar refractivity (Wildman–Crippen MR) is 75.5 cm³/mol. The number of aryl methyl sites for hydroxylation is 1. The van der Waals surface area contributed by atoms with Crippen LogP contribution in [0.3, 0.4) is 0 Å². The van der Waals surface area contributed by atoms with Gasteiger partial charge in [-0.3, -0.25) is 0 Å². The molecule has 0 radical (unpaired) electrons. The third-order valence-corrected chi connectivity index (χ3v) is 2.89. The topological polar surface area (TPSA) is 68.8 Å². The van der Waals surface area contributed by atoms with Gasteiger partial charge in [0.15, 0.2) is 0 Å². The number of nitrogens with zero attached hydrogens (tertiary/aromatic N) is 3. The van der Waals surface area contributed by atoms with Crippen LogP contribution in [-0.2, 0) is 13.5 Å². The van der Waals surface area contributed by atoms with Gasteiger partial charge in [0, 0.05) is 31.3 Å². The van der Waals surface area contributed by atoms with Crippen LogP contribution in [0.1, 0.15) is 11.4 Å². The first kappa shape index (κ1) is 12.5. The Morgan fingerprint density at radius 1 is 1.39 bits per heavy atom. The van der Waals surface area contributed by atoms with E-state index in [1.54, 1.807) is 6.33 Å². The first-order valence-electron chi connectivity index (χ1n) is 5.63. The Morgan fingerprint density at radius 2 is 2.11 bits per heavy atom. The van der Waals surface area contributed by atoms with Crippen molar-refractivity contribution in [3.63, 3.8) is 0 Å². The van der Waals surface area contributed by atoms with E-state index in [0.717, 1.165) is 30.0 Å². The largest absolute Gasteiger partial charge is 0.389 e. The summed E-state index contributed by atoms with van der Waals surface area (Å²) in [4.78, 5) is 0.417. The zero-order valence-corrected chi connectivity index (χ0v) is 10.9. The van der Waals surface area contributed by atoms with Crippen molar-refractivity contribution >= 4 is 22.9 Å². The minimum absolute atomic E-state index is 0.417. The summed E-state index contributed by atoms with van der Waals surface area (Å²) in [6, 6.07) is 7.75. The molecule has 0 amide bonds. The lowest BCUT2D eigenvalue weighted by Gasteiger charge is -2.06. The predicted octanol–water partition coefficient (Wildman–Crippen LogP) is 1.10. The van der Waals surface area contributed by atoms with E-state index in [1.807, 2.05) is 35.9 Å². The molecule has 0 aliphatic heterocycles. The summed E-state index contributed by atoms with van der Waals surface area (Å²) in [7, 11) is 1.94. The quantitative estimate of drug-likeness (QED) is 0.789. The molecule has 1 aromatic carbocycles. The van der Waals surface area contributed by atoms with Crippen LogP contribution < -0.4 is 11.1 Å². The van der Waals surface area contributed by atoms with Crippen molar-refractivity contribution in [2.45, 2.75) is 6.42 Å². The molecule has 0 spiro atoms. The van der Waals surface area contributed by atoms with Crippen LogP contribution in [0.15, 0.2) is 30.6 Å². The van der Waals surface area contributed by atoms with Crippen molar-refractivity contribution in [3.8, 4) is 0 Å². The Hall–Kier alpha value is -1.95. The number of anilines is 1. The van der Waals surface area contributed by atoms with E-state index in [9.17, 15) is 0 Å². The number of benzene rings is 1. The van der Waals surface area contributed by atoms with Crippen molar-refractivity contribution < 1.29 is 0 Å². The molecule has 2 rings (SSSR count). The highest BCUT2D eigenvalue weighted by atomic mass is 32.1. The summed E-state index contributed by atoms with van der Waals surface area (Å²) in [5.74, 6) is 0.960. The molecule has 0 unspecified atom stereocenters. The Balaban J connectivity index is 1.87. The highest BCUT2D eigenvalue weighted by Gasteiger charge is 2.00. The summed E-state index contributed by atoms with van der Waals surface area (Å²) in [5.41, 5.74) is 7.46. The van der Waals surface area contributed by atoms with Gasteiger partial charge in [0.25, 0.3) is 0 Å². The molecule has 5 nitrogen and oxygen atoms in total. The third-order valence-electron chi connectivity index (χ3n) is 2.65. The van der Waals surface area contributed by atoms with Gasteiger partial charge in [0.1, 0.15) is 17.1 Å². The van der Waals surface area contributed by atoms with E-state index in [4.69, 9.17) is 18.0 Å². The minimum atomic E-state index is 0.417. The van der Waals surface area contributed by atoms with Crippen LogP contribution in [-0.4, -0.2) is 26.3 Å². The number of thiocarbonyl (C=S) groups is 1. The Labute approximate surface area is 111 Å². The van der Waals surface area contributed by atoms with Gasteiger partial charge in [0.2, 0.25) is 0 Å². The van der Waals surface area contributed by atoms with Gasteiger partial charge < -0.3 is 15.6 Å². The zero-order chi connectivity index (χ0) is 13.0. The van der Waals surface area contributed by atoms with E-state index < -0.39 is 0 Å². The second-order valence-corrected chi connectivity index (χ2v) is 4.42. The van der Waals surface area contributed by atoms with Gasteiger partial charge in [0.05, 0.1) is 0 Å². The molecule has 0 bridgehead atoms. The summed E-state index contributed by atoms with van der Waals surface area (Å²) in [6.45, 7) is 0.805. The van der Waals surface area contributed by atoms with Gasteiger partial charge >= 0.3 is 0 Å². The van der Waals surface area contributed by atoms with Crippen molar-refractivity contribution in [2.24, 2.45) is 12.8 Å². The molecular formula is C12H15N5S. The van der Waals surface area contributed by atoms with Gasteiger partial charge in [-0.05, 0) is 24.3 Å². The maximum Gasteiger partial charge on any atom is 0.134 e. The number of nitrogens with two attached hydrogens (primary N) is 1. The fourth-order valence-electron chi connectivity index (χ4n) is 1.60. The van der Waals surface area contributed by atoms with Crippen LogP contribution in [0.25, 0.3) is 0 Å². The molecule has 1 aromatic heterocycles. The lowest BCUT2D eigenvalue weighted by Crippen LogP contribution is -2.10. The molecule has 0 saturated carbocycles. The van der Waals surface area contributed by atoms with E-state index >= 15 is 0 Å². The molecule has 18 heavy (non-hydrogen) atoms. The van der Waals surface area contributed by atoms with E-state index in [2.05, 4.69) is 15.5 Å². The van der Waals surface area contributed by atoms with Crippen molar-refractivity contribution in [3.05, 3.63) is 42.0 Å². The second kappa shape index (κ2) is 5.59. The van der Waals surface area contributed by atoms with Crippen LogP contribution >= 0.6 is 12.2 Å². The monoisotopic (exact) mass is 261 g/mol. The highest BCUT2D eigenvalue weighted by molar-refractivity contribution is 7.80. The molecule has 0 fully saturated rings. The lowest BCUT2D eigenvalue weighted by molar-refractivity contribution is 0.788. The number of hydrogen-bond acceptors (Lipinski definition) is 4. The number of rotatable bonds is 5.